The summed E-state index contributed by atoms with van der Waals surface area (Å²) in [5.74, 6) is 0.914. The molecule has 4 aromatic rings. The van der Waals surface area contributed by atoms with E-state index in [1.165, 1.54) is 16.5 Å². The van der Waals surface area contributed by atoms with Crippen LogP contribution in [-0.2, 0) is 6.54 Å². The smallest absolute Gasteiger partial charge is 0.151 e. The Hall–Kier alpha value is -3.15. The van der Waals surface area contributed by atoms with E-state index in [0.29, 0.717) is 0 Å². The second-order valence-corrected chi connectivity index (χ2v) is 8.96. The van der Waals surface area contributed by atoms with E-state index in [2.05, 4.69) is 106 Å². The first-order valence-corrected chi connectivity index (χ1v) is 11.9. The SMILES string of the molecule is CN(CCCN1CCN(c2ccccc2)CC1)Cc1cc(-c2cccc3ccccc23)no1. The van der Waals surface area contributed by atoms with Crippen LogP contribution in [0.1, 0.15) is 12.2 Å². The van der Waals surface area contributed by atoms with Gasteiger partial charge in [-0.25, -0.2) is 0 Å². The van der Waals surface area contributed by atoms with Crippen LogP contribution in [0.15, 0.2) is 83.4 Å². The van der Waals surface area contributed by atoms with Crippen molar-refractivity contribution in [3.63, 3.8) is 0 Å². The molecule has 170 valence electrons. The van der Waals surface area contributed by atoms with Crippen molar-refractivity contribution in [3.8, 4) is 11.3 Å². The summed E-state index contributed by atoms with van der Waals surface area (Å²) in [5.41, 5.74) is 3.37. The van der Waals surface area contributed by atoms with Crippen LogP contribution in [0.3, 0.4) is 0 Å². The van der Waals surface area contributed by atoms with E-state index in [1.807, 2.05) is 0 Å². The second-order valence-electron chi connectivity index (χ2n) is 8.96. The highest BCUT2D eigenvalue weighted by atomic mass is 16.5. The molecule has 5 nitrogen and oxygen atoms in total. The third-order valence-corrected chi connectivity index (χ3v) is 6.56. The Balaban J connectivity index is 1.09. The van der Waals surface area contributed by atoms with Gasteiger partial charge in [0.2, 0.25) is 0 Å². The molecular weight excluding hydrogens is 408 g/mol. The monoisotopic (exact) mass is 440 g/mol. The summed E-state index contributed by atoms with van der Waals surface area (Å²) in [7, 11) is 2.16. The highest BCUT2D eigenvalue weighted by Gasteiger charge is 2.17. The number of para-hydroxylation sites is 1. The summed E-state index contributed by atoms with van der Waals surface area (Å²) in [6.45, 7) is 7.45. The van der Waals surface area contributed by atoms with E-state index in [4.69, 9.17) is 4.52 Å². The molecule has 0 spiro atoms. The highest BCUT2D eigenvalue weighted by Crippen LogP contribution is 2.28. The molecule has 5 rings (SSSR count). The van der Waals surface area contributed by atoms with Crippen molar-refractivity contribution >= 4 is 16.5 Å². The van der Waals surface area contributed by atoms with Crippen molar-refractivity contribution < 1.29 is 4.52 Å². The van der Waals surface area contributed by atoms with Gasteiger partial charge in [0.1, 0.15) is 5.69 Å². The zero-order valence-corrected chi connectivity index (χ0v) is 19.4. The fraction of sp³-hybridized carbons (Fsp3) is 0.321. The van der Waals surface area contributed by atoms with E-state index < -0.39 is 0 Å². The van der Waals surface area contributed by atoms with Gasteiger partial charge in [0, 0.05) is 43.5 Å². The first kappa shape index (κ1) is 21.7. The highest BCUT2D eigenvalue weighted by molar-refractivity contribution is 5.95. The topological polar surface area (TPSA) is 35.8 Å². The van der Waals surface area contributed by atoms with Crippen molar-refractivity contribution in [2.24, 2.45) is 0 Å². The normalized spacial score (nSPS) is 14.9. The average Bonchev–Trinajstić information content (AvgIpc) is 3.33. The molecule has 0 aliphatic carbocycles. The van der Waals surface area contributed by atoms with Crippen LogP contribution in [0.4, 0.5) is 5.69 Å². The van der Waals surface area contributed by atoms with E-state index in [-0.39, 0.29) is 0 Å². The molecule has 1 aromatic heterocycles. The molecule has 0 atom stereocenters. The van der Waals surface area contributed by atoms with Crippen molar-refractivity contribution in [1.29, 1.82) is 0 Å². The van der Waals surface area contributed by atoms with Crippen molar-refractivity contribution in [3.05, 3.63) is 84.6 Å². The molecule has 5 heteroatoms. The summed E-state index contributed by atoms with van der Waals surface area (Å²) in [6, 6.07) is 27.6. The maximum atomic E-state index is 5.68. The zero-order valence-electron chi connectivity index (χ0n) is 19.4. The van der Waals surface area contributed by atoms with Gasteiger partial charge in [0.15, 0.2) is 5.76 Å². The lowest BCUT2D eigenvalue weighted by molar-refractivity contribution is 0.223. The number of piperazine rings is 1. The van der Waals surface area contributed by atoms with Crippen LogP contribution in [0.5, 0.6) is 0 Å². The van der Waals surface area contributed by atoms with Crippen molar-refractivity contribution in [2.75, 3.05) is 51.2 Å². The van der Waals surface area contributed by atoms with Gasteiger partial charge in [0.25, 0.3) is 0 Å². The summed E-state index contributed by atoms with van der Waals surface area (Å²) >= 11 is 0. The summed E-state index contributed by atoms with van der Waals surface area (Å²) in [4.78, 5) is 7.40. The van der Waals surface area contributed by atoms with Gasteiger partial charge in [-0.3, -0.25) is 9.80 Å². The molecule has 1 fully saturated rings. The number of fused-ring (bicyclic) bond motifs is 1. The number of nitrogens with zero attached hydrogens (tertiary/aromatic N) is 4. The molecule has 0 radical (unpaired) electrons. The number of benzene rings is 3. The molecule has 0 saturated carbocycles. The van der Waals surface area contributed by atoms with Gasteiger partial charge >= 0.3 is 0 Å². The fourth-order valence-electron chi connectivity index (χ4n) is 4.74. The average molecular weight is 441 g/mol. The predicted octanol–water partition coefficient (Wildman–Crippen LogP) is 5.14. The molecule has 0 amide bonds. The predicted molar refractivity (Wildman–Crippen MR) is 135 cm³/mol. The maximum absolute atomic E-state index is 5.68. The van der Waals surface area contributed by atoms with Gasteiger partial charge in [-0.1, -0.05) is 65.8 Å². The molecule has 0 unspecified atom stereocenters. The van der Waals surface area contributed by atoms with Crippen LogP contribution < -0.4 is 4.90 Å². The first-order valence-electron chi connectivity index (χ1n) is 11.9. The molecular formula is C28H32N4O. The van der Waals surface area contributed by atoms with Crippen molar-refractivity contribution in [1.82, 2.24) is 15.0 Å². The van der Waals surface area contributed by atoms with Gasteiger partial charge in [0.05, 0.1) is 6.54 Å². The molecule has 1 aliphatic heterocycles. The lowest BCUT2D eigenvalue weighted by Gasteiger charge is -2.36. The van der Waals surface area contributed by atoms with Crippen LogP contribution in [0.25, 0.3) is 22.0 Å². The minimum absolute atomic E-state index is 0.777. The molecule has 1 saturated heterocycles. The summed E-state index contributed by atoms with van der Waals surface area (Å²) < 4.78 is 5.68. The fourth-order valence-corrected chi connectivity index (χ4v) is 4.74. The van der Waals surface area contributed by atoms with Crippen LogP contribution >= 0.6 is 0 Å². The van der Waals surface area contributed by atoms with Gasteiger partial charge in [-0.2, -0.15) is 0 Å². The third-order valence-electron chi connectivity index (χ3n) is 6.56. The van der Waals surface area contributed by atoms with Crippen molar-refractivity contribution in [2.45, 2.75) is 13.0 Å². The largest absolute Gasteiger partial charge is 0.369 e. The lowest BCUT2D eigenvalue weighted by Crippen LogP contribution is -2.47. The Bertz CT molecular complexity index is 1160. The van der Waals surface area contributed by atoms with E-state index in [0.717, 1.165) is 69.3 Å². The van der Waals surface area contributed by atoms with E-state index in [9.17, 15) is 0 Å². The second kappa shape index (κ2) is 10.2. The van der Waals surface area contributed by atoms with Crippen LogP contribution in [0.2, 0.25) is 0 Å². The number of hydrogen-bond donors (Lipinski definition) is 0. The maximum Gasteiger partial charge on any atom is 0.151 e. The quantitative estimate of drug-likeness (QED) is 0.379. The van der Waals surface area contributed by atoms with Crippen LogP contribution in [0, 0.1) is 0 Å². The minimum Gasteiger partial charge on any atom is -0.369 e. The molecule has 3 aromatic carbocycles. The first-order chi connectivity index (χ1) is 16.3. The Kier molecular flexibility index (Phi) is 6.70. The zero-order chi connectivity index (χ0) is 22.5. The number of rotatable bonds is 8. The summed E-state index contributed by atoms with van der Waals surface area (Å²) in [6.07, 6.45) is 1.16. The Morgan fingerprint density at radius 2 is 1.64 bits per heavy atom. The minimum atomic E-state index is 0.777. The molecule has 1 aliphatic rings. The van der Waals surface area contributed by atoms with E-state index in [1.54, 1.807) is 0 Å². The number of anilines is 1. The Morgan fingerprint density at radius 3 is 2.48 bits per heavy atom. The Morgan fingerprint density at radius 1 is 0.879 bits per heavy atom. The standard InChI is InChI=1S/C28H32N4O/c1-30(15-8-16-31-17-19-32(20-18-31)24-11-3-2-4-12-24)22-25-21-28(29-33-25)27-14-7-10-23-9-5-6-13-26(23)27/h2-7,9-14,21H,8,15-20,22H2,1H3. The molecule has 2 heterocycles. The molecule has 0 N–H and O–H groups in total. The lowest BCUT2D eigenvalue weighted by atomic mass is 10.0. The third kappa shape index (κ3) is 5.27. The van der Waals surface area contributed by atoms with Gasteiger partial charge in [-0.15, -0.1) is 0 Å². The summed E-state index contributed by atoms with van der Waals surface area (Å²) in [5, 5.41) is 6.79. The van der Waals surface area contributed by atoms with E-state index >= 15 is 0 Å². The Labute approximate surface area is 196 Å². The number of aromatic nitrogens is 1. The number of hydrogen-bond acceptors (Lipinski definition) is 5. The molecule has 33 heavy (non-hydrogen) atoms. The van der Waals surface area contributed by atoms with Gasteiger partial charge in [-0.05, 0) is 49.5 Å². The van der Waals surface area contributed by atoms with Crippen LogP contribution in [-0.4, -0.2) is 61.3 Å². The van der Waals surface area contributed by atoms with Gasteiger partial charge < -0.3 is 9.42 Å². The molecule has 0 bridgehead atoms.